The van der Waals surface area contributed by atoms with Gasteiger partial charge >= 0.3 is 0 Å². The lowest BCUT2D eigenvalue weighted by Crippen LogP contribution is -2.27. The van der Waals surface area contributed by atoms with E-state index in [1.54, 1.807) is 0 Å². The quantitative estimate of drug-likeness (QED) is 0.922. The second-order valence-corrected chi connectivity index (χ2v) is 8.28. The highest BCUT2D eigenvalue weighted by molar-refractivity contribution is 7.91. The van der Waals surface area contributed by atoms with E-state index in [-0.39, 0.29) is 11.8 Å². The Kier molecular flexibility index (Phi) is 5.27. The van der Waals surface area contributed by atoms with Crippen molar-refractivity contribution in [2.45, 2.75) is 39.2 Å². The van der Waals surface area contributed by atoms with Crippen LogP contribution in [0.3, 0.4) is 0 Å². The Balaban J connectivity index is 2.12. The minimum absolute atomic E-state index is 0.206. The molecule has 118 valence electrons. The lowest BCUT2D eigenvalue weighted by Gasteiger charge is -2.23. The van der Waals surface area contributed by atoms with E-state index in [1.807, 2.05) is 0 Å². The van der Waals surface area contributed by atoms with Crippen LogP contribution in [0.4, 0.5) is 5.69 Å². The summed E-state index contributed by atoms with van der Waals surface area (Å²) in [5.74, 6) is 0.570. The van der Waals surface area contributed by atoms with E-state index in [9.17, 15) is 8.42 Å². The van der Waals surface area contributed by atoms with Crippen molar-refractivity contribution < 1.29 is 8.42 Å². The zero-order valence-electron chi connectivity index (χ0n) is 13.0. The van der Waals surface area contributed by atoms with Crippen LogP contribution in [0.15, 0.2) is 18.2 Å². The number of hydrogen-bond donors (Lipinski definition) is 1. The summed E-state index contributed by atoms with van der Waals surface area (Å²) in [7, 11) is -2.86. The van der Waals surface area contributed by atoms with Crippen LogP contribution < -0.4 is 10.6 Å². The normalized spacial score (nSPS) is 20.0. The first-order valence-corrected chi connectivity index (χ1v) is 9.54. The Morgan fingerprint density at radius 1 is 1.29 bits per heavy atom. The summed E-state index contributed by atoms with van der Waals surface area (Å²) in [5.41, 5.74) is 9.68. The first kappa shape index (κ1) is 16.3. The maximum Gasteiger partial charge on any atom is 0.152 e. The first-order chi connectivity index (χ1) is 9.91. The van der Waals surface area contributed by atoms with Crippen LogP contribution in [0.1, 0.15) is 30.9 Å². The van der Waals surface area contributed by atoms with Gasteiger partial charge in [-0.3, -0.25) is 0 Å². The molecule has 0 saturated carbocycles. The molecule has 1 aliphatic heterocycles. The topological polar surface area (TPSA) is 63.4 Å². The van der Waals surface area contributed by atoms with E-state index in [4.69, 9.17) is 5.73 Å². The maximum absolute atomic E-state index is 11.7. The molecule has 1 unspecified atom stereocenters. The third-order valence-electron chi connectivity index (χ3n) is 4.25. The van der Waals surface area contributed by atoms with Crippen LogP contribution in [0, 0.1) is 6.92 Å². The smallest absolute Gasteiger partial charge is 0.152 e. The largest absolute Gasteiger partial charge is 0.370 e. The van der Waals surface area contributed by atoms with Gasteiger partial charge in [0.1, 0.15) is 0 Å². The van der Waals surface area contributed by atoms with E-state index in [2.05, 4.69) is 36.9 Å². The van der Waals surface area contributed by atoms with Gasteiger partial charge in [-0.1, -0.05) is 13.0 Å². The fourth-order valence-corrected chi connectivity index (χ4v) is 4.00. The van der Waals surface area contributed by atoms with E-state index in [0.29, 0.717) is 18.7 Å². The molecule has 0 aromatic heterocycles. The van der Waals surface area contributed by atoms with E-state index in [0.717, 1.165) is 25.1 Å². The molecule has 1 aliphatic rings. The predicted octanol–water partition coefficient (Wildman–Crippen LogP) is 1.90. The third-order valence-corrected chi connectivity index (χ3v) is 5.97. The number of anilines is 1. The molecule has 1 atom stereocenters. The number of nitrogens with two attached hydrogens (primary N) is 1. The van der Waals surface area contributed by atoms with Gasteiger partial charge in [0.05, 0.1) is 11.5 Å². The molecule has 0 amide bonds. The van der Waals surface area contributed by atoms with Gasteiger partial charge < -0.3 is 10.6 Å². The number of aryl methyl sites for hydroxylation is 1. The highest BCUT2D eigenvalue weighted by atomic mass is 32.2. The minimum Gasteiger partial charge on any atom is -0.370 e. The molecular weight excluding hydrogens is 284 g/mol. The zero-order valence-corrected chi connectivity index (χ0v) is 13.8. The second-order valence-electron chi connectivity index (χ2n) is 5.98. The Morgan fingerprint density at radius 2 is 2.05 bits per heavy atom. The van der Waals surface area contributed by atoms with Crippen LogP contribution in [0.25, 0.3) is 0 Å². The van der Waals surface area contributed by atoms with Crippen molar-refractivity contribution in [1.82, 2.24) is 0 Å². The first-order valence-electron chi connectivity index (χ1n) is 7.72. The number of benzene rings is 1. The summed E-state index contributed by atoms with van der Waals surface area (Å²) in [6.07, 6.45) is 2.59. The maximum atomic E-state index is 11.7. The predicted molar refractivity (Wildman–Crippen MR) is 88.6 cm³/mol. The average molecular weight is 310 g/mol. The van der Waals surface area contributed by atoms with Crippen molar-refractivity contribution in [1.29, 1.82) is 0 Å². The second kappa shape index (κ2) is 6.79. The Morgan fingerprint density at radius 3 is 2.71 bits per heavy atom. The average Bonchev–Trinajstić information content (AvgIpc) is 2.62. The number of nitrogens with zero attached hydrogens (tertiary/aromatic N) is 1. The Bertz CT molecular complexity index is 584. The van der Waals surface area contributed by atoms with Crippen molar-refractivity contribution in [3.05, 3.63) is 29.3 Å². The van der Waals surface area contributed by atoms with Gasteiger partial charge in [-0.25, -0.2) is 8.42 Å². The Hall–Kier alpha value is -1.07. The van der Waals surface area contributed by atoms with Crippen molar-refractivity contribution in [2.24, 2.45) is 5.73 Å². The van der Waals surface area contributed by atoms with Crippen molar-refractivity contribution >= 4 is 15.5 Å². The lowest BCUT2D eigenvalue weighted by atomic mass is 9.99. The van der Waals surface area contributed by atoms with Gasteiger partial charge in [0.15, 0.2) is 9.84 Å². The summed E-state index contributed by atoms with van der Waals surface area (Å²) in [6.45, 7) is 5.61. The van der Waals surface area contributed by atoms with E-state index < -0.39 is 9.84 Å². The number of hydrogen-bond acceptors (Lipinski definition) is 4. The van der Waals surface area contributed by atoms with Crippen LogP contribution in [0.5, 0.6) is 0 Å². The van der Waals surface area contributed by atoms with Gasteiger partial charge in [-0.05, 0) is 49.4 Å². The van der Waals surface area contributed by atoms with Crippen molar-refractivity contribution in [3.8, 4) is 0 Å². The monoisotopic (exact) mass is 310 g/mol. The molecule has 1 aromatic carbocycles. The highest BCUT2D eigenvalue weighted by Crippen LogP contribution is 2.22. The standard InChI is InChI=1S/C16H26N2O2S/c1-3-15(17)12-14-5-6-16(11-13(14)2)18-7-4-9-21(19,20)10-8-18/h5-6,11,15H,3-4,7-10,12,17H2,1-2H3. The summed E-state index contributed by atoms with van der Waals surface area (Å²) in [5, 5.41) is 0. The molecule has 1 aromatic rings. The highest BCUT2D eigenvalue weighted by Gasteiger charge is 2.19. The molecule has 0 radical (unpaired) electrons. The molecule has 0 bridgehead atoms. The van der Waals surface area contributed by atoms with Crippen LogP contribution in [0.2, 0.25) is 0 Å². The summed E-state index contributed by atoms with van der Waals surface area (Å²) in [4.78, 5) is 2.18. The molecule has 21 heavy (non-hydrogen) atoms. The fourth-order valence-electron chi connectivity index (χ4n) is 2.73. The summed E-state index contributed by atoms with van der Waals surface area (Å²) >= 11 is 0. The zero-order chi connectivity index (χ0) is 15.5. The summed E-state index contributed by atoms with van der Waals surface area (Å²) < 4.78 is 23.4. The fraction of sp³-hybridized carbons (Fsp3) is 0.625. The van der Waals surface area contributed by atoms with Gasteiger partial charge in [0, 0.05) is 24.8 Å². The van der Waals surface area contributed by atoms with Crippen LogP contribution >= 0.6 is 0 Å². The molecule has 5 heteroatoms. The third kappa shape index (κ3) is 4.45. The van der Waals surface area contributed by atoms with Crippen molar-refractivity contribution in [2.75, 3.05) is 29.5 Å². The molecule has 1 heterocycles. The van der Waals surface area contributed by atoms with E-state index in [1.165, 1.54) is 11.1 Å². The molecule has 2 N–H and O–H groups in total. The van der Waals surface area contributed by atoms with Gasteiger partial charge in [-0.15, -0.1) is 0 Å². The summed E-state index contributed by atoms with van der Waals surface area (Å²) in [6, 6.07) is 6.61. The molecule has 1 fully saturated rings. The number of sulfone groups is 1. The van der Waals surface area contributed by atoms with Gasteiger partial charge in [0.2, 0.25) is 0 Å². The molecule has 0 spiro atoms. The van der Waals surface area contributed by atoms with Crippen molar-refractivity contribution in [3.63, 3.8) is 0 Å². The number of rotatable bonds is 4. The van der Waals surface area contributed by atoms with E-state index >= 15 is 0 Å². The molecule has 1 saturated heterocycles. The molecule has 2 rings (SSSR count). The minimum atomic E-state index is -2.86. The lowest BCUT2D eigenvalue weighted by molar-refractivity contribution is 0.597. The molecular formula is C16H26N2O2S. The SMILES string of the molecule is CCC(N)Cc1ccc(N2CCCS(=O)(=O)CC2)cc1C. The molecule has 4 nitrogen and oxygen atoms in total. The Labute approximate surface area is 128 Å². The molecule has 0 aliphatic carbocycles. The van der Waals surface area contributed by atoms with Gasteiger partial charge in [0.25, 0.3) is 0 Å². The van der Waals surface area contributed by atoms with Crippen LogP contribution in [-0.2, 0) is 16.3 Å². The van der Waals surface area contributed by atoms with Crippen LogP contribution in [-0.4, -0.2) is 39.1 Å². The van der Waals surface area contributed by atoms with Gasteiger partial charge in [-0.2, -0.15) is 0 Å².